The second-order valence-electron chi connectivity index (χ2n) is 3.09. The largest absolute Gasteiger partial charge is 0.434 e. The number of halogens is 5. The summed E-state index contributed by atoms with van der Waals surface area (Å²) in [5.74, 6) is -0.989. The van der Waals surface area contributed by atoms with Gasteiger partial charge in [-0.05, 0) is 12.1 Å². The van der Waals surface area contributed by atoms with Gasteiger partial charge in [-0.25, -0.2) is 0 Å². The maximum atomic E-state index is 12.6. The second-order valence-corrected chi connectivity index (χ2v) is 3.09. The maximum Gasteiger partial charge on any atom is 0.417 e. The van der Waals surface area contributed by atoms with Crippen molar-refractivity contribution < 1.29 is 36.3 Å². The molecule has 0 saturated heterocycles. The van der Waals surface area contributed by atoms with Gasteiger partial charge in [0.25, 0.3) is 0 Å². The number of hydrogen-bond donors (Lipinski definition) is 0. The predicted molar refractivity (Wildman–Crippen MR) is 48.9 cm³/mol. The van der Waals surface area contributed by atoms with Crippen molar-refractivity contribution in [2.45, 2.75) is 12.8 Å². The Morgan fingerprint density at radius 2 is 1.72 bits per heavy atom. The average molecular weight is 268 g/mol. The number of ether oxygens (including phenoxy) is 1. The van der Waals surface area contributed by atoms with Crippen molar-refractivity contribution in [3.8, 4) is 5.75 Å². The van der Waals surface area contributed by atoms with Gasteiger partial charge < -0.3 is 4.74 Å². The van der Waals surface area contributed by atoms with Gasteiger partial charge >= 0.3 is 12.8 Å². The predicted octanol–water partition coefficient (Wildman–Crippen LogP) is 2.93. The van der Waals surface area contributed by atoms with Crippen LogP contribution >= 0.6 is 0 Å². The standard InChI is InChI=1S/C10H5F5O3/c11-9(12)18-8-2-5(3-16)1-7(6(8)4-17)10(13,14)15/h1-4,9H. The third kappa shape index (κ3) is 3.02. The fourth-order valence-corrected chi connectivity index (χ4v) is 1.27. The first kappa shape index (κ1) is 14.1. The zero-order valence-corrected chi connectivity index (χ0v) is 8.50. The summed E-state index contributed by atoms with van der Waals surface area (Å²) in [6.07, 6.45) is -5.19. The van der Waals surface area contributed by atoms with E-state index in [1.165, 1.54) is 0 Å². The molecule has 98 valence electrons. The molecule has 0 heterocycles. The summed E-state index contributed by atoms with van der Waals surface area (Å²) in [5, 5.41) is 0. The van der Waals surface area contributed by atoms with E-state index >= 15 is 0 Å². The van der Waals surface area contributed by atoms with Gasteiger partial charge in [-0.1, -0.05) is 0 Å². The molecule has 0 spiro atoms. The molecule has 0 bridgehead atoms. The molecule has 0 saturated carbocycles. The van der Waals surface area contributed by atoms with Crippen LogP contribution in [-0.4, -0.2) is 19.2 Å². The summed E-state index contributed by atoms with van der Waals surface area (Å²) in [7, 11) is 0. The van der Waals surface area contributed by atoms with E-state index in [1.807, 2.05) is 0 Å². The number of aldehydes is 2. The quantitative estimate of drug-likeness (QED) is 0.623. The van der Waals surface area contributed by atoms with Crippen LogP contribution in [0.25, 0.3) is 0 Å². The van der Waals surface area contributed by atoms with Gasteiger partial charge in [0.05, 0.1) is 11.1 Å². The van der Waals surface area contributed by atoms with E-state index in [9.17, 15) is 31.5 Å². The highest BCUT2D eigenvalue weighted by Gasteiger charge is 2.35. The molecule has 0 aliphatic rings. The minimum atomic E-state index is -4.96. The number of benzene rings is 1. The summed E-state index contributed by atoms with van der Waals surface area (Å²) in [6.45, 7) is -3.41. The molecule has 0 fully saturated rings. The monoisotopic (exact) mass is 268 g/mol. The third-order valence-corrected chi connectivity index (χ3v) is 1.94. The topological polar surface area (TPSA) is 43.4 Å². The average Bonchev–Trinajstić information content (AvgIpc) is 2.25. The summed E-state index contributed by atoms with van der Waals surface area (Å²) >= 11 is 0. The van der Waals surface area contributed by atoms with E-state index in [0.29, 0.717) is 12.1 Å². The number of alkyl halides is 5. The number of rotatable bonds is 4. The first-order chi connectivity index (χ1) is 8.29. The molecule has 8 heteroatoms. The van der Waals surface area contributed by atoms with E-state index < -0.39 is 35.2 Å². The van der Waals surface area contributed by atoms with Gasteiger partial charge in [0.2, 0.25) is 0 Å². The van der Waals surface area contributed by atoms with Crippen molar-refractivity contribution in [2.75, 3.05) is 0 Å². The maximum absolute atomic E-state index is 12.6. The van der Waals surface area contributed by atoms with Gasteiger partial charge in [0, 0.05) is 5.56 Å². The second kappa shape index (κ2) is 5.11. The fourth-order valence-electron chi connectivity index (χ4n) is 1.27. The summed E-state index contributed by atoms with van der Waals surface area (Å²) in [4.78, 5) is 21.0. The lowest BCUT2D eigenvalue weighted by Crippen LogP contribution is -2.13. The van der Waals surface area contributed by atoms with Crippen LogP contribution in [0, 0.1) is 0 Å². The molecule has 0 radical (unpaired) electrons. The molecule has 3 nitrogen and oxygen atoms in total. The van der Waals surface area contributed by atoms with Crippen molar-refractivity contribution in [3.05, 3.63) is 28.8 Å². The molecular formula is C10H5F5O3. The third-order valence-electron chi connectivity index (χ3n) is 1.94. The minimum Gasteiger partial charge on any atom is -0.434 e. The van der Waals surface area contributed by atoms with E-state index in [1.54, 1.807) is 0 Å². The normalized spacial score (nSPS) is 11.4. The van der Waals surface area contributed by atoms with Gasteiger partial charge in [-0.3, -0.25) is 9.59 Å². The van der Waals surface area contributed by atoms with Crippen LogP contribution in [0.3, 0.4) is 0 Å². The SMILES string of the molecule is O=Cc1cc(OC(F)F)c(C=O)c(C(F)(F)F)c1. The molecular weight excluding hydrogens is 263 g/mol. The minimum absolute atomic E-state index is 0.0299. The summed E-state index contributed by atoms with van der Waals surface area (Å²) in [6, 6.07) is 1.02. The van der Waals surface area contributed by atoms with Gasteiger partial charge in [-0.2, -0.15) is 22.0 Å². The number of carbonyl (C=O) groups excluding carboxylic acids is 2. The Morgan fingerprint density at radius 1 is 1.11 bits per heavy atom. The molecule has 1 aromatic carbocycles. The van der Waals surface area contributed by atoms with Crippen LogP contribution in [0.5, 0.6) is 5.75 Å². The molecule has 0 aliphatic carbocycles. The molecule has 1 rings (SSSR count). The van der Waals surface area contributed by atoms with Gasteiger partial charge in [0.15, 0.2) is 6.29 Å². The Balaban J connectivity index is 3.49. The van der Waals surface area contributed by atoms with Crippen molar-refractivity contribution in [1.29, 1.82) is 0 Å². The van der Waals surface area contributed by atoms with Crippen LogP contribution in [0.15, 0.2) is 12.1 Å². The zero-order valence-electron chi connectivity index (χ0n) is 8.50. The van der Waals surface area contributed by atoms with E-state index in [2.05, 4.69) is 4.74 Å². The van der Waals surface area contributed by atoms with E-state index in [0.717, 1.165) is 0 Å². The van der Waals surface area contributed by atoms with Crippen LogP contribution in [-0.2, 0) is 6.18 Å². The Labute approximate surface area is 97.2 Å². The van der Waals surface area contributed by atoms with Crippen LogP contribution in [0.2, 0.25) is 0 Å². The molecule has 0 amide bonds. The summed E-state index contributed by atoms with van der Waals surface area (Å²) < 4.78 is 65.4. The van der Waals surface area contributed by atoms with Gasteiger partial charge in [-0.15, -0.1) is 0 Å². The smallest absolute Gasteiger partial charge is 0.417 e. The molecule has 0 aromatic heterocycles. The lowest BCUT2D eigenvalue weighted by molar-refractivity contribution is -0.138. The highest BCUT2D eigenvalue weighted by Crippen LogP contribution is 2.36. The molecule has 0 aliphatic heterocycles. The highest BCUT2D eigenvalue weighted by molar-refractivity contribution is 5.86. The number of hydrogen-bond acceptors (Lipinski definition) is 3. The Kier molecular flexibility index (Phi) is 4.00. The molecule has 18 heavy (non-hydrogen) atoms. The van der Waals surface area contributed by atoms with E-state index in [-0.39, 0.29) is 12.6 Å². The molecule has 0 unspecified atom stereocenters. The number of carbonyl (C=O) groups is 2. The van der Waals surface area contributed by atoms with Crippen LogP contribution < -0.4 is 4.74 Å². The van der Waals surface area contributed by atoms with Crippen molar-refractivity contribution in [1.82, 2.24) is 0 Å². The lowest BCUT2D eigenvalue weighted by atomic mass is 10.0. The van der Waals surface area contributed by atoms with E-state index in [4.69, 9.17) is 0 Å². The Morgan fingerprint density at radius 3 is 2.11 bits per heavy atom. The Hall–Kier alpha value is -1.99. The van der Waals surface area contributed by atoms with Crippen molar-refractivity contribution in [3.63, 3.8) is 0 Å². The first-order valence-electron chi connectivity index (χ1n) is 4.40. The van der Waals surface area contributed by atoms with Crippen molar-refractivity contribution >= 4 is 12.6 Å². The Bertz CT molecular complexity index is 467. The lowest BCUT2D eigenvalue weighted by Gasteiger charge is -2.14. The highest BCUT2D eigenvalue weighted by atomic mass is 19.4. The molecule has 1 aromatic rings. The molecule has 0 N–H and O–H groups in total. The summed E-state index contributed by atoms with van der Waals surface area (Å²) in [5.41, 5.74) is -3.10. The van der Waals surface area contributed by atoms with Crippen LogP contribution in [0.4, 0.5) is 22.0 Å². The fraction of sp³-hybridized carbons (Fsp3) is 0.200. The molecule has 0 atom stereocenters. The van der Waals surface area contributed by atoms with Gasteiger partial charge in [0.1, 0.15) is 12.0 Å². The first-order valence-corrected chi connectivity index (χ1v) is 4.40. The van der Waals surface area contributed by atoms with Crippen LogP contribution in [0.1, 0.15) is 26.3 Å². The zero-order chi connectivity index (χ0) is 13.9. The van der Waals surface area contributed by atoms with Crippen molar-refractivity contribution in [2.24, 2.45) is 0 Å².